The normalized spacial score (nSPS) is 15.4. The average Bonchev–Trinajstić information content (AvgIpc) is 3.08. The van der Waals surface area contributed by atoms with Crippen LogP contribution in [0.2, 0.25) is 10.0 Å². The summed E-state index contributed by atoms with van der Waals surface area (Å²) in [5, 5.41) is 0.731. The number of pyridine rings is 1. The van der Waals surface area contributed by atoms with Crippen LogP contribution in [-0.4, -0.2) is 51.3 Å². The Kier molecular flexibility index (Phi) is 5.08. The van der Waals surface area contributed by atoms with Crippen molar-refractivity contribution in [1.29, 1.82) is 0 Å². The molecule has 0 radical (unpaired) electrons. The Bertz CT molecular complexity index is 993. The van der Waals surface area contributed by atoms with Gasteiger partial charge in [0.15, 0.2) is 0 Å². The van der Waals surface area contributed by atoms with E-state index in [1.165, 1.54) is 5.69 Å². The lowest BCUT2D eigenvalue weighted by Gasteiger charge is -2.34. The summed E-state index contributed by atoms with van der Waals surface area (Å²) in [6, 6.07) is 11.3. The molecule has 0 bridgehead atoms. The van der Waals surface area contributed by atoms with E-state index in [1.807, 2.05) is 17.0 Å². The van der Waals surface area contributed by atoms with E-state index in [2.05, 4.69) is 28.5 Å². The first-order chi connectivity index (χ1) is 13.0. The Morgan fingerprint density at radius 1 is 1.07 bits per heavy atom. The number of fused-ring (bicyclic) bond motifs is 1. The van der Waals surface area contributed by atoms with E-state index < -0.39 is 0 Å². The molecular weight excluding hydrogens is 383 g/mol. The highest BCUT2D eigenvalue weighted by atomic mass is 35.5. The predicted molar refractivity (Wildman–Crippen MR) is 108 cm³/mol. The minimum atomic E-state index is -0.0643. The van der Waals surface area contributed by atoms with Crippen molar-refractivity contribution in [3.05, 3.63) is 69.6 Å². The number of hydrogen-bond acceptors (Lipinski definition) is 3. The number of carbonyl (C=O) groups excluding carboxylic acids is 1. The lowest BCUT2D eigenvalue weighted by Crippen LogP contribution is -2.48. The van der Waals surface area contributed by atoms with Crippen molar-refractivity contribution in [1.82, 2.24) is 19.2 Å². The smallest absolute Gasteiger partial charge is 0.255 e. The Labute approximate surface area is 168 Å². The summed E-state index contributed by atoms with van der Waals surface area (Å²) in [4.78, 5) is 21.6. The maximum absolute atomic E-state index is 12.7. The summed E-state index contributed by atoms with van der Waals surface area (Å²) in [7, 11) is 0. The van der Waals surface area contributed by atoms with E-state index >= 15 is 0 Å². The number of aromatic nitrogens is 2. The molecule has 1 saturated heterocycles. The molecule has 0 atom stereocenters. The molecule has 0 spiro atoms. The summed E-state index contributed by atoms with van der Waals surface area (Å²) in [5.74, 6) is -0.0643. The molecular formula is C20H20Cl2N4O. The average molecular weight is 403 g/mol. The van der Waals surface area contributed by atoms with Gasteiger partial charge >= 0.3 is 0 Å². The monoisotopic (exact) mass is 402 g/mol. The second-order valence-electron chi connectivity index (χ2n) is 6.80. The SMILES string of the molecule is Cc1cccc2nc(CN3CCN(C(=O)c4cccc(Cl)c4Cl)CC3)cn12. The van der Waals surface area contributed by atoms with Crippen molar-refractivity contribution < 1.29 is 4.79 Å². The van der Waals surface area contributed by atoms with Gasteiger partial charge in [0.2, 0.25) is 0 Å². The van der Waals surface area contributed by atoms with Gasteiger partial charge in [-0.3, -0.25) is 9.69 Å². The summed E-state index contributed by atoms with van der Waals surface area (Å²) in [6.45, 7) is 5.78. The van der Waals surface area contributed by atoms with Crippen molar-refractivity contribution in [2.24, 2.45) is 0 Å². The molecule has 1 amide bonds. The number of hydrogen-bond donors (Lipinski definition) is 0. The second-order valence-corrected chi connectivity index (χ2v) is 7.58. The highest BCUT2D eigenvalue weighted by Crippen LogP contribution is 2.27. The van der Waals surface area contributed by atoms with Gasteiger partial charge in [0.1, 0.15) is 5.65 Å². The van der Waals surface area contributed by atoms with Gasteiger partial charge in [-0.15, -0.1) is 0 Å². The third-order valence-corrected chi connectivity index (χ3v) is 5.79. The van der Waals surface area contributed by atoms with Gasteiger partial charge in [-0.1, -0.05) is 35.3 Å². The van der Waals surface area contributed by atoms with E-state index in [9.17, 15) is 4.79 Å². The number of carbonyl (C=O) groups is 1. The van der Waals surface area contributed by atoms with Crippen LogP contribution in [0.25, 0.3) is 5.65 Å². The number of rotatable bonds is 3. The van der Waals surface area contributed by atoms with Crippen LogP contribution >= 0.6 is 23.2 Å². The fourth-order valence-electron chi connectivity index (χ4n) is 3.45. The number of halogens is 2. The quantitative estimate of drug-likeness (QED) is 0.666. The number of imidazole rings is 1. The highest BCUT2D eigenvalue weighted by molar-refractivity contribution is 6.43. The van der Waals surface area contributed by atoms with Gasteiger partial charge in [0, 0.05) is 44.6 Å². The molecule has 2 aromatic heterocycles. The Hall–Kier alpha value is -2.08. The fraction of sp³-hybridized carbons (Fsp3) is 0.300. The number of benzene rings is 1. The van der Waals surface area contributed by atoms with Crippen LogP contribution in [0.4, 0.5) is 0 Å². The molecule has 0 N–H and O–H groups in total. The third kappa shape index (κ3) is 3.68. The minimum absolute atomic E-state index is 0.0643. The van der Waals surface area contributed by atoms with Crippen LogP contribution in [-0.2, 0) is 6.54 Å². The predicted octanol–water partition coefficient (Wildman–Crippen LogP) is 3.91. The number of aryl methyl sites for hydroxylation is 1. The van der Waals surface area contributed by atoms with Gasteiger partial charge in [-0.25, -0.2) is 4.98 Å². The molecule has 7 heteroatoms. The molecule has 1 aliphatic rings. The summed E-state index contributed by atoms with van der Waals surface area (Å²) in [5.41, 5.74) is 3.64. The molecule has 4 rings (SSSR count). The Morgan fingerprint density at radius 2 is 1.81 bits per heavy atom. The molecule has 140 valence electrons. The van der Waals surface area contributed by atoms with E-state index in [0.29, 0.717) is 28.7 Å². The molecule has 1 fully saturated rings. The first-order valence-corrected chi connectivity index (χ1v) is 9.68. The summed E-state index contributed by atoms with van der Waals surface area (Å²) in [6.07, 6.45) is 2.09. The zero-order chi connectivity index (χ0) is 19.0. The lowest BCUT2D eigenvalue weighted by molar-refractivity contribution is 0.0627. The van der Waals surface area contributed by atoms with Crippen molar-refractivity contribution in [3.8, 4) is 0 Å². The van der Waals surface area contributed by atoms with E-state index in [-0.39, 0.29) is 5.91 Å². The third-order valence-electron chi connectivity index (χ3n) is 4.97. The molecule has 5 nitrogen and oxygen atoms in total. The molecule has 1 aliphatic heterocycles. The van der Waals surface area contributed by atoms with Crippen LogP contribution in [0.15, 0.2) is 42.6 Å². The number of piperazine rings is 1. The van der Waals surface area contributed by atoms with Gasteiger partial charge < -0.3 is 9.30 Å². The molecule has 27 heavy (non-hydrogen) atoms. The van der Waals surface area contributed by atoms with Gasteiger partial charge in [-0.05, 0) is 31.2 Å². The minimum Gasteiger partial charge on any atom is -0.336 e. The van der Waals surface area contributed by atoms with Crippen LogP contribution in [0.3, 0.4) is 0 Å². The zero-order valence-electron chi connectivity index (χ0n) is 15.0. The van der Waals surface area contributed by atoms with Gasteiger partial charge in [0.05, 0.1) is 21.3 Å². The number of nitrogens with zero attached hydrogens (tertiary/aromatic N) is 4. The van der Waals surface area contributed by atoms with Crippen LogP contribution < -0.4 is 0 Å². The summed E-state index contributed by atoms with van der Waals surface area (Å²) < 4.78 is 2.11. The Morgan fingerprint density at radius 3 is 2.56 bits per heavy atom. The van der Waals surface area contributed by atoms with Crippen LogP contribution in [0.5, 0.6) is 0 Å². The molecule has 0 aliphatic carbocycles. The Balaban J connectivity index is 1.40. The van der Waals surface area contributed by atoms with Crippen molar-refractivity contribution in [3.63, 3.8) is 0 Å². The maximum Gasteiger partial charge on any atom is 0.255 e. The van der Waals surface area contributed by atoms with Crippen molar-refractivity contribution >= 4 is 34.8 Å². The second kappa shape index (κ2) is 7.50. The van der Waals surface area contributed by atoms with E-state index in [1.54, 1.807) is 18.2 Å². The van der Waals surface area contributed by atoms with E-state index in [0.717, 1.165) is 31.0 Å². The first kappa shape index (κ1) is 18.3. The van der Waals surface area contributed by atoms with Crippen molar-refractivity contribution in [2.75, 3.05) is 26.2 Å². The topological polar surface area (TPSA) is 40.9 Å². The lowest BCUT2D eigenvalue weighted by atomic mass is 10.1. The maximum atomic E-state index is 12.7. The standard InChI is InChI=1S/C20H20Cl2N4O/c1-14-4-2-7-18-23-15(13-26(14)18)12-24-8-10-25(11-9-24)20(27)16-5-3-6-17(21)19(16)22/h2-7,13H,8-12H2,1H3. The van der Waals surface area contributed by atoms with Gasteiger partial charge in [-0.2, -0.15) is 0 Å². The highest BCUT2D eigenvalue weighted by Gasteiger charge is 2.24. The van der Waals surface area contributed by atoms with Gasteiger partial charge in [0.25, 0.3) is 5.91 Å². The number of amides is 1. The molecule has 1 aromatic carbocycles. The fourth-order valence-corrected chi connectivity index (χ4v) is 3.83. The molecule has 0 unspecified atom stereocenters. The van der Waals surface area contributed by atoms with Crippen LogP contribution in [0.1, 0.15) is 21.7 Å². The molecule has 3 aromatic rings. The van der Waals surface area contributed by atoms with E-state index in [4.69, 9.17) is 28.2 Å². The molecule has 3 heterocycles. The summed E-state index contributed by atoms with van der Waals surface area (Å²) >= 11 is 12.2. The first-order valence-electron chi connectivity index (χ1n) is 8.92. The zero-order valence-corrected chi connectivity index (χ0v) is 16.5. The molecule has 0 saturated carbocycles. The van der Waals surface area contributed by atoms with Crippen LogP contribution in [0, 0.1) is 6.92 Å². The van der Waals surface area contributed by atoms with Crippen molar-refractivity contribution in [2.45, 2.75) is 13.5 Å². The largest absolute Gasteiger partial charge is 0.336 e.